The normalized spacial score (nSPS) is 20.4. The van der Waals surface area contributed by atoms with E-state index in [4.69, 9.17) is 0 Å². The van der Waals surface area contributed by atoms with Gasteiger partial charge in [-0.05, 0) is 48.3 Å². The van der Waals surface area contributed by atoms with Crippen LogP contribution in [0.25, 0.3) is 10.9 Å². The monoisotopic (exact) mass is 229 g/mol. The Balaban J connectivity index is 2.00. The Kier molecular flexibility index (Phi) is 2.32. The minimum absolute atomic E-state index is 0.590. The molecule has 0 saturated carbocycles. The predicted molar refractivity (Wildman–Crippen MR) is 71.7 cm³/mol. The minimum Gasteiger partial charge on any atom is -0.357 e. The van der Waals surface area contributed by atoms with Gasteiger partial charge in [0, 0.05) is 11.2 Å². The fourth-order valence-electron chi connectivity index (χ4n) is 2.22. The van der Waals surface area contributed by atoms with Crippen LogP contribution in [-0.2, 0) is 0 Å². The lowest BCUT2D eigenvalue weighted by Gasteiger charge is -2.05. The van der Waals surface area contributed by atoms with Crippen molar-refractivity contribution in [1.29, 1.82) is 0 Å². The Labute approximate surface area is 99.9 Å². The molecule has 2 heterocycles. The lowest BCUT2D eigenvalue weighted by molar-refractivity contribution is 0.952. The van der Waals surface area contributed by atoms with Crippen LogP contribution in [0.4, 0.5) is 0 Å². The molecule has 1 aromatic heterocycles. The van der Waals surface area contributed by atoms with Gasteiger partial charge in [-0.25, -0.2) is 0 Å². The van der Waals surface area contributed by atoms with Gasteiger partial charge in [0.25, 0.3) is 0 Å². The first kappa shape index (κ1) is 10.0. The first-order valence-electron chi connectivity index (χ1n) is 5.65. The van der Waals surface area contributed by atoms with Crippen LogP contribution in [0, 0.1) is 6.92 Å². The van der Waals surface area contributed by atoms with Gasteiger partial charge in [-0.2, -0.15) is 0 Å². The zero-order valence-electron chi connectivity index (χ0n) is 9.58. The Hall–Kier alpha value is -1.15. The Morgan fingerprint density at radius 3 is 2.88 bits per heavy atom. The van der Waals surface area contributed by atoms with Gasteiger partial charge in [0.15, 0.2) is 0 Å². The first-order chi connectivity index (χ1) is 7.72. The summed E-state index contributed by atoms with van der Waals surface area (Å²) in [5, 5.41) is 1.92. The summed E-state index contributed by atoms with van der Waals surface area (Å²) in [5.74, 6) is 0. The van der Waals surface area contributed by atoms with Gasteiger partial charge in [-0.1, -0.05) is 18.2 Å². The molecule has 1 atom stereocenters. The highest BCUT2D eigenvalue weighted by molar-refractivity contribution is 8.03. The molecule has 0 radical (unpaired) electrons. The number of benzene rings is 1. The van der Waals surface area contributed by atoms with Crippen molar-refractivity contribution >= 4 is 22.7 Å². The second-order valence-electron chi connectivity index (χ2n) is 4.47. The van der Waals surface area contributed by atoms with Crippen molar-refractivity contribution in [2.75, 3.05) is 0 Å². The lowest BCUT2D eigenvalue weighted by Crippen LogP contribution is -1.87. The topological polar surface area (TPSA) is 15.8 Å². The maximum absolute atomic E-state index is 3.54. The summed E-state index contributed by atoms with van der Waals surface area (Å²) in [6, 6.07) is 8.88. The second kappa shape index (κ2) is 3.70. The number of H-pyrrole nitrogens is 1. The number of aromatic amines is 1. The molecule has 1 aromatic carbocycles. The first-order valence-corrected chi connectivity index (χ1v) is 6.53. The maximum atomic E-state index is 3.54. The molecule has 1 unspecified atom stereocenters. The SMILES string of the molecule is CC1=CCC(c2cc3ccc(C)cc3[nH]2)S1. The van der Waals surface area contributed by atoms with Crippen LogP contribution >= 0.6 is 11.8 Å². The van der Waals surface area contributed by atoms with Gasteiger partial charge >= 0.3 is 0 Å². The van der Waals surface area contributed by atoms with E-state index in [0.29, 0.717) is 5.25 Å². The number of hydrogen-bond acceptors (Lipinski definition) is 1. The number of thioether (sulfide) groups is 1. The van der Waals surface area contributed by atoms with E-state index in [-0.39, 0.29) is 0 Å². The van der Waals surface area contributed by atoms with Gasteiger partial charge < -0.3 is 4.98 Å². The molecule has 3 rings (SSSR count). The Morgan fingerprint density at radius 2 is 2.12 bits per heavy atom. The van der Waals surface area contributed by atoms with Crippen LogP contribution in [0.2, 0.25) is 0 Å². The molecular formula is C14H15NS. The average Bonchev–Trinajstić information content (AvgIpc) is 2.83. The van der Waals surface area contributed by atoms with E-state index >= 15 is 0 Å². The number of rotatable bonds is 1. The van der Waals surface area contributed by atoms with Crippen molar-refractivity contribution in [3.8, 4) is 0 Å². The molecule has 2 aromatic rings. The van der Waals surface area contributed by atoms with E-state index in [1.54, 1.807) is 0 Å². The van der Waals surface area contributed by atoms with Crippen LogP contribution in [0.15, 0.2) is 35.2 Å². The largest absolute Gasteiger partial charge is 0.357 e. The third kappa shape index (κ3) is 1.67. The summed E-state index contributed by atoms with van der Waals surface area (Å²) < 4.78 is 0. The highest BCUT2D eigenvalue weighted by atomic mass is 32.2. The summed E-state index contributed by atoms with van der Waals surface area (Å²) in [4.78, 5) is 4.99. The average molecular weight is 229 g/mol. The molecule has 0 spiro atoms. The van der Waals surface area contributed by atoms with E-state index < -0.39 is 0 Å². The van der Waals surface area contributed by atoms with Crippen molar-refractivity contribution in [3.05, 3.63) is 46.5 Å². The zero-order valence-corrected chi connectivity index (χ0v) is 10.4. The smallest absolute Gasteiger partial charge is 0.0526 e. The molecule has 1 nitrogen and oxygen atoms in total. The third-order valence-corrected chi connectivity index (χ3v) is 4.36. The van der Waals surface area contributed by atoms with Crippen LogP contribution < -0.4 is 0 Å². The van der Waals surface area contributed by atoms with E-state index in [1.165, 1.54) is 27.1 Å². The minimum atomic E-state index is 0.590. The number of allylic oxidation sites excluding steroid dienone is 2. The van der Waals surface area contributed by atoms with Crippen molar-refractivity contribution in [3.63, 3.8) is 0 Å². The molecule has 82 valence electrons. The highest BCUT2D eigenvalue weighted by Crippen LogP contribution is 2.43. The van der Waals surface area contributed by atoms with Crippen LogP contribution in [0.5, 0.6) is 0 Å². The standard InChI is InChI=1S/C14H15NS/c1-9-3-5-11-8-13(15-12(11)7-9)14-6-4-10(2)16-14/h3-5,7-8,14-15H,6H2,1-2H3. The van der Waals surface area contributed by atoms with Crippen LogP contribution in [0.3, 0.4) is 0 Å². The summed E-state index contributed by atoms with van der Waals surface area (Å²) in [6.07, 6.45) is 3.48. The number of hydrogen-bond donors (Lipinski definition) is 1. The lowest BCUT2D eigenvalue weighted by atomic mass is 10.2. The molecule has 0 amide bonds. The molecule has 1 aliphatic rings. The molecule has 1 aliphatic heterocycles. The molecule has 1 N–H and O–H groups in total. The van der Waals surface area contributed by atoms with Gasteiger partial charge in [-0.15, -0.1) is 11.8 Å². The molecule has 0 fully saturated rings. The maximum Gasteiger partial charge on any atom is 0.0526 e. The molecular weight excluding hydrogens is 214 g/mol. The molecule has 0 bridgehead atoms. The van der Waals surface area contributed by atoms with Crippen LogP contribution in [-0.4, -0.2) is 4.98 Å². The van der Waals surface area contributed by atoms with Crippen molar-refractivity contribution in [2.24, 2.45) is 0 Å². The van der Waals surface area contributed by atoms with E-state index in [0.717, 1.165) is 6.42 Å². The fourth-order valence-corrected chi connectivity index (χ4v) is 3.31. The second-order valence-corrected chi connectivity index (χ2v) is 5.92. The summed E-state index contributed by atoms with van der Waals surface area (Å²) >= 11 is 1.97. The van der Waals surface area contributed by atoms with Crippen molar-refractivity contribution in [2.45, 2.75) is 25.5 Å². The number of nitrogens with one attached hydrogen (secondary N) is 1. The van der Waals surface area contributed by atoms with E-state index in [2.05, 4.69) is 49.2 Å². The summed E-state index contributed by atoms with van der Waals surface area (Å²) in [5.41, 5.74) is 3.94. The Morgan fingerprint density at radius 1 is 1.25 bits per heavy atom. The number of aromatic nitrogens is 1. The molecule has 2 heteroatoms. The van der Waals surface area contributed by atoms with E-state index in [1.807, 2.05) is 11.8 Å². The number of fused-ring (bicyclic) bond motifs is 1. The van der Waals surface area contributed by atoms with Gasteiger partial charge in [0.2, 0.25) is 0 Å². The molecule has 0 saturated heterocycles. The molecule has 16 heavy (non-hydrogen) atoms. The van der Waals surface area contributed by atoms with Crippen molar-refractivity contribution in [1.82, 2.24) is 4.98 Å². The summed E-state index contributed by atoms with van der Waals surface area (Å²) in [6.45, 7) is 4.33. The third-order valence-electron chi connectivity index (χ3n) is 3.09. The zero-order chi connectivity index (χ0) is 11.1. The number of aryl methyl sites for hydroxylation is 1. The summed E-state index contributed by atoms with van der Waals surface area (Å²) in [7, 11) is 0. The molecule has 0 aliphatic carbocycles. The van der Waals surface area contributed by atoms with E-state index in [9.17, 15) is 0 Å². The fraction of sp³-hybridized carbons (Fsp3) is 0.286. The quantitative estimate of drug-likeness (QED) is 0.758. The van der Waals surface area contributed by atoms with Gasteiger partial charge in [-0.3, -0.25) is 0 Å². The Bertz CT molecular complexity index is 565. The van der Waals surface area contributed by atoms with Gasteiger partial charge in [0.1, 0.15) is 0 Å². The highest BCUT2D eigenvalue weighted by Gasteiger charge is 2.18. The van der Waals surface area contributed by atoms with Crippen molar-refractivity contribution < 1.29 is 0 Å². The van der Waals surface area contributed by atoms with Crippen LogP contribution in [0.1, 0.15) is 29.9 Å². The predicted octanol–water partition coefficient (Wildman–Crippen LogP) is 4.56. The van der Waals surface area contributed by atoms with Gasteiger partial charge in [0.05, 0.1) is 5.25 Å².